The molecular formula is C9H20O3. The molecule has 0 aromatic rings. The maximum Gasteiger partial charge on any atom is 0.0799 e. The summed E-state index contributed by atoms with van der Waals surface area (Å²) in [6.45, 7) is 4.78. The average molecular weight is 176 g/mol. The smallest absolute Gasteiger partial charge is 0.0799 e. The summed E-state index contributed by atoms with van der Waals surface area (Å²) in [6.07, 6.45) is 1.71. The molecule has 0 amide bonds. The first-order valence-electron chi connectivity index (χ1n) is 4.59. The standard InChI is InChI=1S/C9H20O3/c1-3-4-8(2)9(11)7-12-6-5-10/h8-11H,3-7H2,1-2H3. The van der Waals surface area contributed by atoms with Crippen LogP contribution in [0.1, 0.15) is 26.7 Å². The molecule has 74 valence electrons. The fourth-order valence-corrected chi connectivity index (χ4v) is 1.08. The summed E-state index contributed by atoms with van der Waals surface area (Å²) in [4.78, 5) is 0. The molecule has 12 heavy (non-hydrogen) atoms. The van der Waals surface area contributed by atoms with Gasteiger partial charge in [0.15, 0.2) is 0 Å². The van der Waals surface area contributed by atoms with Crippen molar-refractivity contribution in [2.45, 2.75) is 32.8 Å². The highest BCUT2D eigenvalue weighted by molar-refractivity contribution is 4.62. The molecule has 3 heteroatoms. The third-order valence-electron chi connectivity index (χ3n) is 1.93. The second-order valence-corrected chi connectivity index (χ2v) is 3.13. The van der Waals surface area contributed by atoms with E-state index in [2.05, 4.69) is 6.92 Å². The molecule has 0 saturated heterocycles. The van der Waals surface area contributed by atoms with Gasteiger partial charge in [0, 0.05) is 0 Å². The molecule has 0 aliphatic carbocycles. The summed E-state index contributed by atoms with van der Waals surface area (Å²) in [5, 5.41) is 17.9. The fraction of sp³-hybridized carbons (Fsp3) is 1.00. The highest BCUT2D eigenvalue weighted by Gasteiger charge is 2.12. The molecule has 0 spiro atoms. The predicted octanol–water partition coefficient (Wildman–Crippen LogP) is 0.792. The van der Waals surface area contributed by atoms with Gasteiger partial charge in [-0.2, -0.15) is 0 Å². The van der Waals surface area contributed by atoms with Crippen LogP contribution in [0.5, 0.6) is 0 Å². The van der Waals surface area contributed by atoms with Crippen LogP contribution in [0.15, 0.2) is 0 Å². The Kier molecular flexibility index (Phi) is 7.45. The molecule has 0 heterocycles. The number of aliphatic hydroxyl groups excluding tert-OH is 2. The lowest BCUT2D eigenvalue weighted by atomic mass is 10.0. The molecule has 2 unspecified atom stereocenters. The molecular weight excluding hydrogens is 156 g/mol. The molecule has 0 aliphatic heterocycles. The van der Waals surface area contributed by atoms with Gasteiger partial charge in [-0.05, 0) is 12.3 Å². The minimum atomic E-state index is -0.392. The minimum absolute atomic E-state index is 0.0227. The van der Waals surface area contributed by atoms with Crippen LogP contribution in [0.4, 0.5) is 0 Å². The predicted molar refractivity (Wildman–Crippen MR) is 48.0 cm³/mol. The van der Waals surface area contributed by atoms with Gasteiger partial charge >= 0.3 is 0 Å². The van der Waals surface area contributed by atoms with Crippen molar-refractivity contribution in [3.8, 4) is 0 Å². The van der Waals surface area contributed by atoms with E-state index in [1.54, 1.807) is 0 Å². The molecule has 0 rings (SSSR count). The van der Waals surface area contributed by atoms with Crippen molar-refractivity contribution in [3.05, 3.63) is 0 Å². The largest absolute Gasteiger partial charge is 0.394 e. The summed E-state index contributed by atoms with van der Waals surface area (Å²) < 4.78 is 5.01. The van der Waals surface area contributed by atoms with Gasteiger partial charge in [0.2, 0.25) is 0 Å². The van der Waals surface area contributed by atoms with Crippen molar-refractivity contribution in [2.75, 3.05) is 19.8 Å². The van der Waals surface area contributed by atoms with E-state index in [0.29, 0.717) is 13.2 Å². The summed E-state index contributed by atoms with van der Waals surface area (Å²) in [5.41, 5.74) is 0. The van der Waals surface area contributed by atoms with Gasteiger partial charge in [-0.1, -0.05) is 20.3 Å². The zero-order valence-corrected chi connectivity index (χ0v) is 7.99. The fourth-order valence-electron chi connectivity index (χ4n) is 1.08. The Morgan fingerprint density at radius 1 is 1.42 bits per heavy atom. The zero-order valence-electron chi connectivity index (χ0n) is 7.99. The first-order valence-corrected chi connectivity index (χ1v) is 4.59. The second kappa shape index (κ2) is 7.53. The van der Waals surface area contributed by atoms with Gasteiger partial charge in [0.05, 0.1) is 25.9 Å². The Balaban J connectivity index is 3.35. The summed E-state index contributed by atoms with van der Waals surface area (Å²) in [7, 11) is 0. The van der Waals surface area contributed by atoms with E-state index in [4.69, 9.17) is 9.84 Å². The van der Waals surface area contributed by atoms with E-state index >= 15 is 0 Å². The summed E-state index contributed by atoms with van der Waals surface area (Å²) >= 11 is 0. The zero-order chi connectivity index (χ0) is 9.40. The van der Waals surface area contributed by atoms with Crippen molar-refractivity contribution in [3.63, 3.8) is 0 Å². The number of rotatable bonds is 7. The Bertz CT molecular complexity index is 95.8. The van der Waals surface area contributed by atoms with Crippen molar-refractivity contribution in [1.29, 1.82) is 0 Å². The Labute approximate surface area is 74.4 Å². The molecule has 0 saturated carbocycles. The molecule has 0 radical (unpaired) electrons. The van der Waals surface area contributed by atoms with Gasteiger partial charge in [-0.3, -0.25) is 0 Å². The summed E-state index contributed by atoms with van der Waals surface area (Å²) in [6, 6.07) is 0. The Morgan fingerprint density at radius 2 is 2.08 bits per heavy atom. The van der Waals surface area contributed by atoms with Crippen molar-refractivity contribution >= 4 is 0 Å². The topological polar surface area (TPSA) is 49.7 Å². The number of hydrogen-bond acceptors (Lipinski definition) is 3. The van der Waals surface area contributed by atoms with Crippen LogP contribution < -0.4 is 0 Å². The lowest BCUT2D eigenvalue weighted by Crippen LogP contribution is -2.24. The van der Waals surface area contributed by atoms with Crippen molar-refractivity contribution in [2.24, 2.45) is 5.92 Å². The number of aliphatic hydroxyl groups is 2. The minimum Gasteiger partial charge on any atom is -0.394 e. The van der Waals surface area contributed by atoms with Gasteiger partial charge in [0.25, 0.3) is 0 Å². The van der Waals surface area contributed by atoms with E-state index in [9.17, 15) is 5.11 Å². The molecule has 0 bridgehead atoms. The van der Waals surface area contributed by atoms with Crippen LogP contribution in [0.2, 0.25) is 0 Å². The first-order chi connectivity index (χ1) is 5.72. The van der Waals surface area contributed by atoms with Gasteiger partial charge in [-0.15, -0.1) is 0 Å². The van der Waals surface area contributed by atoms with E-state index in [-0.39, 0.29) is 12.5 Å². The lowest BCUT2D eigenvalue weighted by Gasteiger charge is -2.17. The van der Waals surface area contributed by atoms with Crippen LogP contribution in [0, 0.1) is 5.92 Å². The Morgan fingerprint density at radius 3 is 2.58 bits per heavy atom. The molecule has 0 aliphatic rings. The van der Waals surface area contributed by atoms with E-state index in [0.717, 1.165) is 12.8 Å². The van der Waals surface area contributed by atoms with Gasteiger partial charge < -0.3 is 14.9 Å². The number of hydrogen-bond donors (Lipinski definition) is 2. The van der Waals surface area contributed by atoms with E-state index in [1.807, 2.05) is 6.92 Å². The molecule has 2 atom stereocenters. The Hall–Kier alpha value is -0.120. The second-order valence-electron chi connectivity index (χ2n) is 3.13. The summed E-state index contributed by atoms with van der Waals surface area (Å²) in [5.74, 6) is 0.286. The lowest BCUT2D eigenvalue weighted by molar-refractivity contribution is -0.00368. The first kappa shape index (κ1) is 11.9. The molecule has 2 N–H and O–H groups in total. The normalized spacial score (nSPS) is 16.0. The van der Waals surface area contributed by atoms with Crippen molar-refractivity contribution in [1.82, 2.24) is 0 Å². The molecule has 0 fully saturated rings. The van der Waals surface area contributed by atoms with Crippen LogP contribution in [0.3, 0.4) is 0 Å². The van der Waals surface area contributed by atoms with Crippen LogP contribution in [0.25, 0.3) is 0 Å². The molecule has 0 aromatic heterocycles. The maximum absolute atomic E-state index is 9.47. The van der Waals surface area contributed by atoms with Crippen LogP contribution in [-0.2, 0) is 4.74 Å². The van der Waals surface area contributed by atoms with Crippen molar-refractivity contribution < 1.29 is 14.9 Å². The quantitative estimate of drug-likeness (QED) is 0.564. The highest BCUT2D eigenvalue weighted by Crippen LogP contribution is 2.10. The highest BCUT2D eigenvalue weighted by atomic mass is 16.5. The van der Waals surface area contributed by atoms with Gasteiger partial charge in [0.1, 0.15) is 0 Å². The van der Waals surface area contributed by atoms with E-state index < -0.39 is 6.10 Å². The molecule has 0 aromatic carbocycles. The van der Waals surface area contributed by atoms with E-state index in [1.165, 1.54) is 0 Å². The molecule has 3 nitrogen and oxygen atoms in total. The van der Waals surface area contributed by atoms with Gasteiger partial charge in [-0.25, -0.2) is 0 Å². The number of ether oxygens (including phenoxy) is 1. The monoisotopic (exact) mass is 176 g/mol. The van der Waals surface area contributed by atoms with Crippen LogP contribution >= 0.6 is 0 Å². The average Bonchev–Trinajstić information content (AvgIpc) is 2.05. The maximum atomic E-state index is 9.47. The van der Waals surface area contributed by atoms with Crippen LogP contribution in [-0.4, -0.2) is 36.1 Å². The SMILES string of the molecule is CCCC(C)C(O)COCCO. The third kappa shape index (κ3) is 5.52. The third-order valence-corrected chi connectivity index (χ3v) is 1.93.